The summed E-state index contributed by atoms with van der Waals surface area (Å²) in [6.07, 6.45) is 0.0195. The maximum atomic E-state index is 13.2. The van der Waals surface area contributed by atoms with Crippen LogP contribution in [-0.2, 0) is 20.7 Å². The zero-order valence-electron chi connectivity index (χ0n) is 12.5. The molecule has 116 valence electrons. The number of rotatable bonds is 4. The number of nitrogens with one attached hydrogen (secondary N) is 1. The van der Waals surface area contributed by atoms with Crippen molar-refractivity contribution in [3.05, 3.63) is 35.4 Å². The first kappa shape index (κ1) is 17.1. The summed E-state index contributed by atoms with van der Waals surface area (Å²) in [5.74, 6) is -2.94. The number of hydrogen-bond acceptors (Lipinski definition) is 3. The van der Waals surface area contributed by atoms with E-state index < -0.39 is 29.1 Å². The number of hydrogen-bond donors (Lipinski definition) is 1. The average molecular weight is 299 g/mol. The Hall–Kier alpha value is -1.98. The Kier molecular flexibility index (Phi) is 5.41. The maximum Gasteiger partial charge on any atom is 0.328 e. The van der Waals surface area contributed by atoms with E-state index in [1.54, 1.807) is 20.8 Å². The standard InChI is InChI=1S/C15H19F2NO3/c1-15(2,3)14(20)18-12(13(19)21-4)8-9-5-6-10(16)11(17)7-9/h5-7,12H,8H2,1-4H3,(H,18,20)/t12-/m1/s1. The van der Waals surface area contributed by atoms with Crippen molar-refractivity contribution < 1.29 is 23.1 Å². The number of benzene rings is 1. The summed E-state index contributed by atoms with van der Waals surface area (Å²) in [5, 5.41) is 2.56. The monoisotopic (exact) mass is 299 g/mol. The first-order chi connectivity index (χ1) is 9.65. The molecule has 6 heteroatoms. The Morgan fingerprint density at radius 1 is 1.24 bits per heavy atom. The molecule has 0 radical (unpaired) electrons. The van der Waals surface area contributed by atoms with Gasteiger partial charge in [0.15, 0.2) is 11.6 Å². The van der Waals surface area contributed by atoms with Crippen molar-refractivity contribution in [1.82, 2.24) is 5.32 Å². The molecule has 0 aromatic heterocycles. The van der Waals surface area contributed by atoms with Crippen LogP contribution in [0.2, 0.25) is 0 Å². The molecule has 1 N–H and O–H groups in total. The van der Waals surface area contributed by atoms with Crippen molar-refractivity contribution in [3.8, 4) is 0 Å². The van der Waals surface area contributed by atoms with Gasteiger partial charge in [-0.15, -0.1) is 0 Å². The number of carbonyl (C=O) groups excluding carboxylic acids is 2. The lowest BCUT2D eigenvalue weighted by molar-refractivity contribution is -0.146. The van der Waals surface area contributed by atoms with Crippen LogP contribution in [0.5, 0.6) is 0 Å². The molecule has 0 bridgehead atoms. The lowest BCUT2D eigenvalue weighted by Gasteiger charge is -2.23. The molecule has 0 fully saturated rings. The normalized spacial score (nSPS) is 12.7. The minimum Gasteiger partial charge on any atom is -0.467 e. The summed E-state index contributed by atoms with van der Waals surface area (Å²) < 4.78 is 30.7. The number of methoxy groups -OCH3 is 1. The highest BCUT2D eigenvalue weighted by molar-refractivity contribution is 5.87. The summed E-state index contributed by atoms with van der Waals surface area (Å²) in [4.78, 5) is 23.7. The highest BCUT2D eigenvalue weighted by Gasteiger charge is 2.28. The molecular weight excluding hydrogens is 280 g/mol. The van der Waals surface area contributed by atoms with E-state index in [4.69, 9.17) is 0 Å². The first-order valence-corrected chi connectivity index (χ1v) is 6.48. The van der Waals surface area contributed by atoms with Crippen LogP contribution in [-0.4, -0.2) is 25.0 Å². The largest absolute Gasteiger partial charge is 0.467 e. The minimum absolute atomic E-state index is 0.0195. The minimum atomic E-state index is -1.00. The fraction of sp³-hybridized carbons (Fsp3) is 0.467. The Balaban J connectivity index is 2.91. The van der Waals surface area contributed by atoms with E-state index in [1.165, 1.54) is 13.2 Å². The first-order valence-electron chi connectivity index (χ1n) is 6.48. The lowest BCUT2D eigenvalue weighted by atomic mass is 9.94. The number of halogens is 2. The van der Waals surface area contributed by atoms with Gasteiger partial charge in [-0.25, -0.2) is 13.6 Å². The molecule has 1 atom stereocenters. The van der Waals surface area contributed by atoms with Crippen molar-refractivity contribution in [2.75, 3.05) is 7.11 Å². The van der Waals surface area contributed by atoms with Gasteiger partial charge in [0.25, 0.3) is 0 Å². The van der Waals surface area contributed by atoms with Gasteiger partial charge >= 0.3 is 5.97 Å². The van der Waals surface area contributed by atoms with Gasteiger partial charge in [0.1, 0.15) is 6.04 Å². The summed E-state index contributed by atoms with van der Waals surface area (Å²) >= 11 is 0. The van der Waals surface area contributed by atoms with Crippen LogP contribution in [0.4, 0.5) is 8.78 Å². The summed E-state index contributed by atoms with van der Waals surface area (Å²) in [6, 6.07) is 2.38. The van der Waals surface area contributed by atoms with E-state index in [9.17, 15) is 18.4 Å². The van der Waals surface area contributed by atoms with Crippen LogP contribution >= 0.6 is 0 Å². The van der Waals surface area contributed by atoms with Crippen LogP contribution in [0.1, 0.15) is 26.3 Å². The van der Waals surface area contributed by atoms with E-state index in [0.717, 1.165) is 12.1 Å². The van der Waals surface area contributed by atoms with Crippen LogP contribution in [0.3, 0.4) is 0 Å². The molecule has 0 saturated carbocycles. The second-order valence-electron chi connectivity index (χ2n) is 5.75. The topological polar surface area (TPSA) is 55.4 Å². The van der Waals surface area contributed by atoms with Crippen LogP contribution in [0, 0.1) is 17.0 Å². The fourth-order valence-electron chi connectivity index (χ4n) is 1.61. The fourth-order valence-corrected chi connectivity index (χ4v) is 1.61. The van der Waals surface area contributed by atoms with E-state index in [2.05, 4.69) is 10.1 Å². The van der Waals surface area contributed by atoms with Gasteiger partial charge in [0.2, 0.25) is 5.91 Å². The van der Waals surface area contributed by atoms with Gasteiger partial charge in [-0.1, -0.05) is 26.8 Å². The lowest BCUT2D eigenvalue weighted by Crippen LogP contribution is -2.47. The Morgan fingerprint density at radius 3 is 2.33 bits per heavy atom. The van der Waals surface area contributed by atoms with Gasteiger partial charge in [0, 0.05) is 11.8 Å². The summed E-state index contributed by atoms with van der Waals surface area (Å²) in [5.41, 5.74) is -0.293. The van der Waals surface area contributed by atoms with Crippen molar-refractivity contribution in [1.29, 1.82) is 0 Å². The van der Waals surface area contributed by atoms with Crippen LogP contribution in [0.25, 0.3) is 0 Å². The summed E-state index contributed by atoms with van der Waals surface area (Å²) in [6.45, 7) is 5.11. The zero-order chi connectivity index (χ0) is 16.2. The second kappa shape index (κ2) is 6.65. The maximum absolute atomic E-state index is 13.2. The third-order valence-electron chi connectivity index (χ3n) is 2.90. The predicted molar refractivity (Wildman–Crippen MR) is 73.5 cm³/mol. The molecule has 1 rings (SSSR count). The Bertz CT molecular complexity index is 538. The van der Waals surface area contributed by atoms with Crippen LogP contribution in [0.15, 0.2) is 18.2 Å². The van der Waals surface area contributed by atoms with Gasteiger partial charge in [0.05, 0.1) is 7.11 Å². The third-order valence-corrected chi connectivity index (χ3v) is 2.90. The van der Waals surface area contributed by atoms with Crippen molar-refractivity contribution in [2.24, 2.45) is 5.41 Å². The predicted octanol–water partition coefficient (Wildman–Crippen LogP) is 2.21. The molecule has 4 nitrogen and oxygen atoms in total. The molecule has 0 saturated heterocycles. The number of ether oxygens (including phenoxy) is 1. The highest BCUT2D eigenvalue weighted by atomic mass is 19.2. The van der Waals surface area contributed by atoms with E-state index >= 15 is 0 Å². The molecule has 21 heavy (non-hydrogen) atoms. The molecule has 0 unspecified atom stereocenters. The smallest absolute Gasteiger partial charge is 0.328 e. The highest BCUT2D eigenvalue weighted by Crippen LogP contribution is 2.15. The Labute approximate surface area is 122 Å². The van der Waals surface area contributed by atoms with E-state index in [-0.39, 0.29) is 12.3 Å². The summed E-state index contributed by atoms with van der Waals surface area (Å²) in [7, 11) is 1.20. The van der Waals surface area contributed by atoms with Crippen molar-refractivity contribution >= 4 is 11.9 Å². The van der Waals surface area contributed by atoms with Gasteiger partial charge < -0.3 is 10.1 Å². The second-order valence-corrected chi connectivity index (χ2v) is 5.75. The number of amides is 1. The van der Waals surface area contributed by atoms with Crippen molar-refractivity contribution in [3.63, 3.8) is 0 Å². The molecular formula is C15H19F2NO3. The zero-order valence-corrected chi connectivity index (χ0v) is 12.5. The average Bonchev–Trinajstić information content (AvgIpc) is 2.40. The van der Waals surface area contributed by atoms with Crippen LogP contribution < -0.4 is 5.32 Å². The van der Waals surface area contributed by atoms with Gasteiger partial charge in [-0.05, 0) is 17.7 Å². The van der Waals surface area contributed by atoms with Crippen molar-refractivity contribution in [2.45, 2.75) is 33.2 Å². The molecule has 1 aromatic rings. The molecule has 0 spiro atoms. The molecule has 0 aliphatic heterocycles. The quantitative estimate of drug-likeness (QED) is 0.867. The third kappa shape index (κ3) is 4.81. The number of esters is 1. The van der Waals surface area contributed by atoms with Gasteiger partial charge in [-0.3, -0.25) is 4.79 Å². The molecule has 0 aliphatic rings. The van der Waals surface area contributed by atoms with Gasteiger partial charge in [-0.2, -0.15) is 0 Å². The molecule has 1 amide bonds. The number of carbonyl (C=O) groups is 2. The molecule has 1 aromatic carbocycles. The van der Waals surface area contributed by atoms with E-state index in [1.807, 2.05) is 0 Å². The SMILES string of the molecule is COC(=O)[C@@H](Cc1ccc(F)c(F)c1)NC(=O)C(C)(C)C. The molecule has 0 aliphatic carbocycles. The Morgan fingerprint density at radius 2 is 1.86 bits per heavy atom. The van der Waals surface area contributed by atoms with E-state index in [0.29, 0.717) is 5.56 Å². The molecule has 0 heterocycles.